The molecule has 0 atom stereocenters. The average molecular weight is 250 g/mol. The number of carbonyl (C=O) groups is 1. The Labute approximate surface area is 108 Å². The van der Waals surface area contributed by atoms with Crippen LogP contribution in [0.2, 0.25) is 0 Å². The summed E-state index contributed by atoms with van der Waals surface area (Å²) in [6.07, 6.45) is 0. The molecule has 4 N–H and O–H groups in total. The number of hydrogen-bond donors (Lipinski definition) is 2. The maximum atomic E-state index is 11.4. The van der Waals surface area contributed by atoms with Gasteiger partial charge in [0.15, 0.2) is 0 Å². The molecule has 0 saturated heterocycles. The molecule has 0 aliphatic rings. The van der Waals surface area contributed by atoms with E-state index in [1.165, 1.54) is 0 Å². The fraction of sp³-hybridized carbons (Fsp3) is 0.538. The Kier molecular flexibility index (Phi) is 4.29. The van der Waals surface area contributed by atoms with Gasteiger partial charge >= 0.3 is 0 Å². The molecular formula is C13H22N4O. The van der Waals surface area contributed by atoms with Crippen LogP contribution in [0.5, 0.6) is 0 Å². The van der Waals surface area contributed by atoms with Crippen molar-refractivity contribution >= 4 is 11.7 Å². The number of pyridine rings is 1. The van der Waals surface area contributed by atoms with Crippen molar-refractivity contribution in [2.75, 3.05) is 25.0 Å². The normalized spacial score (nSPS) is 11.4. The number of amides is 1. The number of aromatic nitrogens is 1. The molecule has 1 aromatic rings. The number of rotatable bonds is 5. The minimum atomic E-state index is -0.463. The van der Waals surface area contributed by atoms with Gasteiger partial charge in [-0.1, -0.05) is 13.8 Å². The number of hydrogen-bond acceptors (Lipinski definition) is 4. The van der Waals surface area contributed by atoms with E-state index in [1.807, 2.05) is 18.9 Å². The zero-order valence-corrected chi connectivity index (χ0v) is 11.5. The van der Waals surface area contributed by atoms with Crippen molar-refractivity contribution in [3.05, 3.63) is 23.4 Å². The third kappa shape index (κ3) is 3.43. The van der Waals surface area contributed by atoms with Crippen LogP contribution in [0, 0.1) is 12.3 Å². The standard InChI is InChI=1S/C13H22N4O/c1-9-5-6-10(11(15)18)12(16-9)17(4)8-13(2,3)7-14/h5-6H,7-8,14H2,1-4H3,(H2,15,18). The average Bonchev–Trinajstić information content (AvgIpc) is 2.28. The molecule has 1 amide bonds. The molecule has 1 heterocycles. The van der Waals surface area contributed by atoms with E-state index < -0.39 is 5.91 Å². The molecule has 0 radical (unpaired) electrons. The van der Waals surface area contributed by atoms with Crippen molar-refractivity contribution in [1.29, 1.82) is 0 Å². The summed E-state index contributed by atoms with van der Waals surface area (Å²) in [5.41, 5.74) is 12.3. The maximum Gasteiger partial charge on any atom is 0.252 e. The van der Waals surface area contributed by atoms with E-state index in [9.17, 15) is 4.79 Å². The Balaban J connectivity index is 3.07. The van der Waals surface area contributed by atoms with Gasteiger partial charge in [0.25, 0.3) is 5.91 Å². The predicted octanol–water partition coefficient (Wildman–Crippen LogP) is 0.910. The first kappa shape index (κ1) is 14.4. The van der Waals surface area contributed by atoms with Crippen LogP contribution in [-0.4, -0.2) is 31.0 Å². The summed E-state index contributed by atoms with van der Waals surface area (Å²) in [7, 11) is 1.89. The lowest BCUT2D eigenvalue weighted by Crippen LogP contribution is -2.38. The number of anilines is 1. The van der Waals surface area contributed by atoms with Gasteiger partial charge in [0.1, 0.15) is 5.82 Å². The Morgan fingerprint density at radius 2 is 2.06 bits per heavy atom. The molecule has 0 bridgehead atoms. The molecule has 0 aliphatic carbocycles. The van der Waals surface area contributed by atoms with Gasteiger partial charge < -0.3 is 16.4 Å². The fourth-order valence-electron chi connectivity index (χ4n) is 1.81. The van der Waals surface area contributed by atoms with Crippen LogP contribution < -0.4 is 16.4 Å². The van der Waals surface area contributed by atoms with E-state index in [0.717, 1.165) is 5.69 Å². The summed E-state index contributed by atoms with van der Waals surface area (Å²) in [4.78, 5) is 17.7. The van der Waals surface area contributed by atoms with E-state index >= 15 is 0 Å². The van der Waals surface area contributed by atoms with Crippen molar-refractivity contribution in [2.45, 2.75) is 20.8 Å². The molecule has 0 aromatic carbocycles. The molecule has 18 heavy (non-hydrogen) atoms. The molecule has 0 saturated carbocycles. The smallest absolute Gasteiger partial charge is 0.252 e. The van der Waals surface area contributed by atoms with Crippen LogP contribution in [0.3, 0.4) is 0 Å². The summed E-state index contributed by atoms with van der Waals surface area (Å²) >= 11 is 0. The zero-order chi connectivity index (χ0) is 13.9. The molecule has 0 aliphatic heterocycles. The Hall–Kier alpha value is -1.62. The maximum absolute atomic E-state index is 11.4. The van der Waals surface area contributed by atoms with Crippen LogP contribution in [0.4, 0.5) is 5.82 Å². The number of aryl methyl sites for hydroxylation is 1. The number of nitrogens with zero attached hydrogens (tertiary/aromatic N) is 2. The van der Waals surface area contributed by atoms with Gasteiger partial charge in [-0.25, -0.2) is 4.98 Å². The van der Waals surface area contributed by atoms with Crippen LogP contribution >= 0.6 is 0 Å². The van der Waals surface area contributed by atoms with E-state index in [2.05, 4.69) is 18.8 Å². The highest BCUT2D eigenvalue weighted by molar-refractivity contribution is 5.97. The van der Waals surface area contributed by atoms with Crippen molar-refractivity contribution in [3.8, 4) is 0 Å². The van der Waals surface area contributed by atoms with Gasteiger partial charge in [-0.05, 0) is 31.0 Å². The Morgan fingerprint density at radius 3 is 2.56 bits per heavy atom. The van der Waals surface area contributed by atoms with Gasteiger partial charge in [0.2, 0.25) is 0 Å². The lowest BCUT2D eigenvalue weighted by molar-refractivity contribution is 0.100. The summed E-state index contributed by atoms with van der Waals surface area (Å²) in [6.45, 7) is 7.30. The van der Waals surface area contributed by atoms with E-state index in [4.69, 9.17) is 11.5 Å². The largest absolute Gasteiger partial charge is 0.365 e. The SMILES string of the molecule is Cc1ccc(C(N)=O)c(N(C)CC(C)(C)CN)n1. The Morgan fingerprint density at radius 1 is 1.44 bits per heavy atom. The lowest BCUT2D eigenvalue weighted by atomic mass is 9.93. The highest BCUT2D eigenvalue weighted by Gasteiger charge is 2.21. The minimum absolute atomic E-state index is 0.0465. The van der Waals surface area contributed by atoms with Crippen LogP contribution in [0.1, 0.15) is 29.9 Å². The van der Waals surface area contributed by atoms with Crippen molar-refractivity contribution in [2.24, 2.45) is 16.9 Å². The fourth-order valence-corrected chi connectivity index (χ4v) is 1.81. The molecule has 0 unspecified atom stereocenters. The highest BCUT2D eigenvalue weighted by atomic mass is 16.1. The zero-order valence-electron chi connectivity index (χ0n) is 11.5. The van der Waals surface area contributed by atoms with Gasteiger partial charge in [-0.15, -0.1) is 0 Å². The quantitative estimate of drug-likeness (QED) is 0.813. The first-order valence-corrected chi connectivity index (χ1v) is 5.95. The van der Waals surface area contributed by atoms with E-state index in [-0.39, 0.29) is 5.41 Å². The van der Waals surface area contributed by atoms with Crippen LogP contribution in [0.15, 0.2) is 12.1 Å². The van der Waals surface area contributed by atoms with E-state index in [1.54, 1.807) is 12.1 Å². The topological polar surface area (TPSA) is 85.2 Å². The second-order valence-corrected chi connectivity index (χ2v) is 5.41. The number of nitrogens with two attached hydrogens (primary N) is 2. The molecule has 1 aromatic heterocycles. The first-order valence-electron chi connectivity index (χ1n) is 5.95. The van der Waals surface area contributed by atoms with Gasteiger partial charge in [0, 0.05) is 19.3 Å². The summed E-state index contributed by atoms with van der Waals surface area (Å²) < 4.78 is 0. The second-order valence-electron chi connectivity index (χ2n) is 5.41. The van der Waals surface area contributed by atoms with Crippen molar-refractivity contribution < 1.29 is 4.79 Å². The molecule has 100 valence electrons. The number of carbonyl (C=O) groups excluding carboxylic acids is 1. The Bertz CT molecular complexity index is 443. The van der Waals surface area contributed by atoms with Crippen LogP contribution in [0.25, 0.3) is 0 Å². The summed E-state index contributed by atoms with van der Waals surface area (Å²) in [6, 6.07) is 3.50. The second kappa shape index (κ2) is 5.35. The first-order chi connectivity index (χ1) is 8.26. The predicted molar refractivity (Wildman–Crippen MR) is 73.6 cm³/mol. The van der Waals surface area contributed by atoms with Gasteiger partial charge in [0.05, 0.1) is 5.56 Å². The van der Waals surface area contributed by atoms with Crippen molar-refractivity contribution in [1.82, 2.24) is 4.98 Å². The molecule has 0 fully saturated rings. The molecule has 1 rings (SSSR count). The monoisotopic (exact) mass is 250 g/mol. The lowest BCUT2D eigenvalue weighted by Gasteiger charge is -2.30. The summed E-state index contributed by atoms with van der Waals surface area (Å²) in [5, 5.41) is 0. The molecule has 0 spiro atoms. The highest BCUT2D eigenvalue weighted by Crippen LogP contribution is 2.22. The van der Waals surface area contributed by atoms with E-state index in [0.29, 0.717) is 24.5 Å². The molecular weight excluding hydrogens is 228 g/mol. The van der Waals surface area contributed by atoms with Gasteiger partial charge in [-0.2, -0.15) is 0 Å². The summed E-state index contributed by atoms with van der Waals surface area (Å²) in [5.74, 6) is 0.152. The molecule has 5 heteroatoms. The minimum Gasteiger partial charge on any atom is -0.365 e. The van der Waals surface area contributed by atoms with Crippen LogP contribution in [-0.2, 0) is 0 Å². The third-order valence-electron chi connectivity index (χ3n) is 2.86. The van der Waals surface area contributed by atoms with Gasteiger partial charge in [-0.3, -0.25) is 4.79 Å². The third-order valence-corrected chi connectivity index (χ3v) is 2.86. The molecule has 5 nitrogen and oxygen atoms in total. The number of primary amides is 1. The van der Waals surface area contributed by atoms with Crippen molar-refractivity contribution in [3.63, 3.8) is 0 Å².